The van der Waals surface area contributed by atoms with Gasteiger partial charge in [-0.15, -0.1) is 0 Å². The summed E-state index contributed by atoms with van der Waals surface area (Å²) in [6, 6.07) is 10.7. The van der Waals surface area contributed by atoms with E-state index in [-0.39, 0.29) is 17.3 Å². The van der Waals surface area contributed by atoms with Gasteiger partial charge in [0.2, 0.25) is 0 Å². The number of nitrogens with zero attached hydrogens (tertiary/aromatic N) is 3. The van der Waals surface area contributed by atoms with E-state index in [2.05, 4.69) is 5.32 Å². The Morgan fingerprint density at radius 1 is 1.13 bits per heavy atom. The van der Waals surface area contributed by atoms with Crippen molar-refractivity contribution in [2.45, 2.75) is 0 Å². The molecule has 1 aliphatic rings. The molecule has 0 bridgehead atoms. The van der Waals surface area contributed by atoms with Crippen LogP contribution in [-0.2, 0) is 0 Å². The molecule has 0 atom stereocenters. The second kappa shape index (κ2) is 9.09. The third-order valence-corrected chi connectivity index (χ3v) is 4.76. The summed E-state index contributed by atoms with van der Waals surface area (Å²) >= 11 is 0. The topological polar surface area (TPSA) is 137 Å². The Hall–Kier alpha value is -3.86. The van der Waals surface area contributed by atoms with Crippen molar-refractivity contribution in [1.82, 2.24) is 10.4 Å². The molecule has 3 N–H and O–H groups in total. The lowest BCUT2D eigenvalue weighted by molar-refractivity contribution is -0.384. The Bertz CT molecular complexity index is 958. The van der Waals surface area contributed by atoms with Gasteiger partial charge in [0.1, 0.15) is 11.4 Å². The summed E-state index contributed by atoms with van der Waals surface area (Å²) in [5, 5.41) is 23.0. The molecule has 1 saturated heterocycles. The van der Waals surface area contributed by atoms with Crippen LogP contribution in [0.25, 0.3) is 0 Å². The first-order valence-corrected chi connectivity index (χ1v) is 9.10. The largest absolute Gasteiger partial charge is 0.497 e. The summed E-state index contributed by atoms with van der Waals surface area (Å²) in [5.74, 6) is -0.202. The van der Waals surface area contributed by atoms with Crippen molar-refractivity contribution in [2.75, 3.05) is 43.5 Å². The zero-order valence-corrected chi connectivity index (χ0v) is 16.2. The molecule has 0 saturated carbocycles. The molecule has 0 aliphatic carbocycles. The number of piperazine rings is 1. The lowest BCUT2D eigenvalue weighted by Gasteiger charge is -2.35. The number of nitrogens with one attached hydrogen (secondary N) is 2. The monoisotopic (exact) mass is 415 g/mol. The number of amides is 3. The molecule has 1 aliphatic heterocycles. The van der Waals surface area contributed by atoms with Crippen LogP contribution >= 0.6 is 0 Å². The normalized spacial score (nSPS) is 13.5. The van der Waals surface area contributed by atoms with Gasteiger partial charge in [0.15, 0.2) is 0 Å². The van der Waals surface area contributed by atoms with Crippen LogP contribution in [0.5, 0.6) is 5.75 Å². The van der Waals surface area contributed by atoms with Crippen LogP contribution in [0.15, 0.2) is 42.5 Å². The molecule has 0 radical (unpaired) electrons. The van der Waals surface area contributed by atoms with E-state index < -0.39 is 10.8 Å². The molecule has 11 nitrogen and oxygen atoms in total. The Balaban J connectivity index is 1.67. The SMILES string of the molecule is COc1cccc(NC(=O)N2CCN(c3ccc(C(=O)NO)cc3[N+](=O)[O-])CC2)c1. The number of nitro benzene ring substituents is 1. The van der Waals surface area contributed by atoms with Crippen LogP contribution in [-0.4, -0.2) is 60.3 Å². The molecule has 1 heterocycles. The second-order valence-electron chi connectivity index (χ2n) is 6.54. The maximum Gasteiger partial charge on any atom is 0.321 e. The van der Waals surface area contributed by atoms with Gasteiger partial charge in [-0.1, -0.05) is 6.07 Å². The molecular formula is C19H21N5O6. The summed E-state index contributed by atoms with van der Waals surface area (Å²) in [6.45, 7) is 1.51. The molecule has 0 unspecified atom stereocenters. The number of methoxy groups -OCH3 is 1. The van der Waals surface area contributed by atoms with E-state index in [9.17, 15) is 19.7 Å². The van der Waals surface area contributed by atoms with Crippen molar-refractivity contribution >= 4 is 29.0 Å². The fourth-order valence-corrected chi connectivity index (χ4v) is 3.20. The summed E-state index contributed by atoms with van der Waals surface area (Å²) in [4.78, 5) is 38.3. The molecule has 1 fully saturated rings. The van der Waals surface area contributed by atoms with Crippen molar-refractivity contribution in [2.24, 2.45) is 0 Å². The first-order valence-electron chi connectivity index (χ1n) is 9.10. The molecular weight excluding hydrogens is 394 g/mol. The van der Waals surface area contributed by atoms with Gasteiger partial charge in [0.25, 0.3) is 11.6 Å². The Kier molecular flexibility index (Phi) is 6.32. The third-order valence-electron chi connectivity index (χ3n) is 4.76. The lowest BCUT2D eigenvalue weighted by atomic mass is 10.1. The Labute approximate surface area is 171 Å². The van der Waals surface area contributed by atoms with Gasteiger partial charge in [-0.25, -0.2) is 10.3 Å². The van der Waals surface area contributed by atoms with Crippen molar-refractivity contribution in [1.29, 1.82) is 0 Å². The fourth-order valence-electron chi connectivity index (χ4n) is 3.20. The quantitative estimate of drug-likeness (QED) is 0.386. The smallest absolute Gasteiger partial charge is 0.321 e. The Morgan fingerprint density at radius 3 is 2.50 bits per heavy atom. The van der Waals surface area contributed by atoms with Gasteiger partial charge in [-0.3, -0.25) is 20.1 Å². The molecule has 2 aromatic rings. The van der Waals surface area contributed by atoms with Crippen LogP contribution in [0.3, 0.4) is 0 Å². The van der Waals surface area contributed by atoms with E-state index >= 15 is 0 Å². The summed E-state index contributed by atoms with van der Waals surface area (Å²) < 4.78 is 5.14. The number of carbonyl (C=O) groups excluding carboxylic acids is 2. The molecule has 3 amide bonds. The number of urea groups is 1. The van der Waals surface area contributed by atoms with Gasteiger partial charge in [0.05, 0.1) is 12.0 Å². The standard InChI is InChI=1S/C19H21N5O6/c1-30-15-4-2-3-14(12-15)20-19(26)23-9-7-22(8-10-23)16-6-5-13(18(25)21-27)11-17(16)24(28)29/h2-6,11-12,27H,7-10H2,1H3,(H,20,26)(H,21,25). The molecule has 3 rings (SSSR count). The number of ether oxygens (including phenoxy) is 1. The van der Waals surface area contributed by atoms with Crippen LogP contribution < -0.4 is 20.4 Å². The summed E-state index contributed by atoms with van der Waals surface area (Å²) in [6.07, 6.45) is 0. The van der Waals surface area contributed by atoms with E-state index in [1.807, 2.05) is 0 Å². The summed E-state index contributed by atoms with van der Waals surface area (Å²) in [7, 11) is 1.54. The van der Waals surface area contributed by atoms with Crippen LogP contribution in [0.4, 0.5) is 21.9 Å². The van der Waals surface area contributed by atoms with Gasteiger partial charge in [-0.05, 0) is 24.3 Å². The zero-order valence-electron chi connectivity index (χ0n) is 16.2. The zero-order chi connectivity index (χ0) is 21.7. The van der Waals surface area contributed by atoms with E-state index in [1.165, 1.54) is 17.6 Å². The Morgan fingerprint density at radius 2 is 1.87 bits per heavy atom. The van der Waals surface area contributed by atoms with E-state index in [1.54, 1.807) is 41.2 Å². The van der Waals surface area contributed by atoms with Gasteiger partial charge in [-0.2, -0.15) is 0 Å². The first-order chi connectivity index (χ1) is 14.4. The third kappa shape index (κ3) is 4.58. The van der Waals surface area contributed by atoms with Crippen molar-refractivity contribution in [3.05, 3.63) is 58.1 Å². The number of carbonyl (C=O) groups is 2. The van der Waals surface area contributed by atoms with E-state index in [0.717, 1.165) is 6.07 Å². The highest BCUT2D eigenvalue weighted by Gasteiger charge is 2.27. The summed E-state index contributed by atoms with van der Waals surface area (Å²) in [5.41, 5.74) is 2.14. The van der Waals surface area contributed by atoms with Crippen LogP contribution in [0.2, 0.25) is 0 Å². The highest BCUT2D eigenvalue weighted by molar-refractivity contribution is 5.95. The molecule has 0 spiro atoms. The van der Waals surface area contributed by atoms with Crippen molar-refractivity contribution in [3.63, 3.8) is 0 Å². The van der Waals surface area contributed by atoms with Crippen molar-refractivity contribution < 1.29 is 24.5 Å². The minimum atomic E-state index is -0.830. The number of hydrogen-bond donors (Lipinski definition) is 3. The minimum absolute atomic E-state index is 0.0238. The van der Waals surface area contributed by atoms with Gasteiger partial charge in [0, 0.05) is 49.6 Å². The highest BCUT2D eigenvalue weighted by atomic mass is 16.6. The predicted molar refractivity (Wildman–Crippen MR) is 108 cm³/mol. The fraction of sp³-hybridized carbons (Fsp3) is 0.263. The average Bonchev–Trinajstić information content (AvgIpc) is 2.78. The maximum absolute atomic E-state index is 12.5. The number of rotatable bonds is 5. The second-order valence-corrected chi connectivity index (χ2v) is 6.54. The van der Waals surface area contributed by atoms with E-state index in [0.29, 0.717) is 43.3 Å². The number of hydroxylamine groups is 1. The number of anilines is 2. The minimum Gasteiger partial charge on any atom is -0.497 e. The molecule has 11 heteroatoms. The van der Waals surface area contributed by atoms with Gasteiger partial charge >= 0.3 is 6.03 Å². The first kappa shape index (κ1) is 20.9. The number of hydrogen-bond acceptors (Lipinski definition) is 7. The van der Waals surface area contributed by atoms with E-state index in [4.69, 9.17) is 9.94 Å². The van der Waals surface area contributed by atoms with Gasteiger partial charge < -0.3 is 19.9 Å². The average molecular weight is 415 g/mol. The highest BCUT2D eigenvalue weighted by Crippen LogP contribution is 2.30. The molecule has 2 aromatic carbocycles. The molecule has 158 valence electrons. The number of nitro groups is 1. The molecule has 30 heavy (non-hydrogen) atoms. The van der Waals surface area contributed by atoms with Crippen molar-refractivity contribution in [3.8, 4) is 5.75 Å². The number of benzene rings is 2. The lowest BCUT2D eigenvalue weighted by Crippen LogP contribution is -2.50. The maximum atomic E-state index is 12.5. The predicted octanol–water partition coefficient (Wildman–Crippen LogP) is 2.08. The van der Waals surface area contributed by atoms with Crippen LogP contribution in [0.1, 0.15) is 10.4 Å². The molecule has 0 aromatic heterocycles. The van der Waals surface area contributed by atoms with Crippen LogP contribution in [0, 0.1) is 10.1 Å².